The van der Waals surface area contributed by atoms with Gasteiger partial charge in [-0.25, -0.2) is 0 Å². The van der Waals surface area contributed by atoms with E-state index < -0.39 is 8.80 Å². The van der Waals surface area contributed by atoms with Gasteiger partial charge in [0.2, 0.25) is 0 Å². The first kappa shape index (κ1) is 19.0. The zero-order valence-corrected chi connectivity index (χ0v) is 14.8. The van der Waals surface area contributed by atoms with E-state index in [1.165, 1.54) is 25.7 Å². The maximum absolute atomic E-state index is 5.52. The maximum atomic E-state index is 5.52. The van der Waals surface area contributed by atoms with E-state index in [0.717, 1.165) is 32.1 Å². The molecule has 0 atom stereocenters. The van der Waals surface area contributed by atoms with Gasteiger partial charge in [0.05, 0.1) is 0 Å². The molecule has 21 heavy (non-hydrogen) atoms. The summed E-state index contributed by atoms with van der Waals surface area (Å²) in [5.41, 5.74) is 5.52. The summed E-state index contributed by atoms with van der Waals surface area (Å²) in [6.07, 6.45) is 5.98. The summed E-state index contributed by atoms with van der Waals surface area (Å²) in [5.74, 6) is 0. The number of hydrogen-bond acceptors (Lipinski definition) is 6. The molecule has 4 N–H and O–H groups in total. The molecule has 0 spiro atoms. The smallest absolute Gasteiger partial charge is 0.377 e. The normalized spacial score (nSPS) is 23.4. The summed E-state index contributed by atoms with van der Waals surface area (Å²) in [6.45, 7) is 2.65. The predicted octanol–water partition coefficient (Wildman–Crippen LogP) is 0.704. The van der Waals surface area contributed by atoms with E-state index in [2.05, 4.69) is 10.6 Å². The standard InChI is InChI=1S/C14H33N3O3Si/c1-18-21(19-2,20-3)12-4-10-16-13-5-7-14(8-6-13)17-11-9-15/h13-14,16-17H,4-12,15H2,1-3H3. The van der Waals surface area contributed by atoms with Crippen molar-refractivity contribution in [2.45, 2.75) is 50.2 Å². The molecule has 0 radical (unpaired) electrons. The molecule has 0 bridgehead atoms. The van der Waals surface area contributed by atoms with E-state index in [4.69, 9.17) is 19.0 Å². The molecule has 0 aromatic rings. The van der Waals surface area contributed by atoms with Gasteiger partial charge in [0.15, 0.2) is 0 Å². The van der Waals surface area contributed by atoms with Crippen LogP contribution in [0.4, 0.5) is 0 Å². The van der Waals surface area contributed by atoms with Crippen LogP contribution < -0.4 is 16.4 Å². The van der Waals surface area contributed by atoms with Gasteiger partial charge in [0.25, 0.3) is 0 Å². The Labute approximate surface area is 130 Å². The number of nitrogens with one attached hydrogen (secondary N) is 2. The minimum Gasteiger partial charge on any atom is -0.377 e. The van der Waals surface area contributed by atoms with Gasteiger partial charge in [-0.3, -0.25) is 0 Å². The molecule has 126 valence electrons. The second kappa shape index (κ2) is 10.7. The molecule has 1 saturated carbocycles. The Balaban J connectivity index is 2.11. The topological polar surface area (TPSA) is 77.8 Å². The van der Waals surface area contributed by atoms with Gasteiger partial charge < -0.3 is 29.6 Å². The van der Waals surface area contributed by atoms with Gasteiger partial charge in [0, 0.05) is 52.5 Å². The second-order valence-corrected chi connectivity index (χ2v) is 8.74. The van der Waals surface area contributed by atoms with Crippen molar-refractivity contribution < 1.29 is 13.3 Å². The van der Waals surface area contributed by atoms with Gasteiger partial charge in [-0.15, -0.1) is 0 Å². The Bertz CT molecular complexity index is 252. The van der Waals surface area contributed by atoms with E-state index >= 15 is 0 Å². The van der Waals surface area contributed by atoms with Gasteiger partial charge in [-0.05, 0) is 38.6 Å². The van der Waals surface area contributed by atoms with Crippen LogP contribution in [0.1, 0.15) is 32.1 Å². The van der Waals surface area contributed by atoms with Crippen LogP contribution in [-0.4, -0.2) is 61.9 Å². The Kier molecular flexibility index (Phi) is 9.66. The summed E-state index contributed by atoms with van der Waals surface area (Å²) in [6, 6.07) is 2.16. The molecule has 0 heterocycles. The summed E-state index contributed by atoms with van der Waals surface area (Å²) >= 11 is 0. The number of rotatable bonds is 11. The largest absolute Gasteiger partial charge is 0.500 e. The van der Waals surface area contributed by atoms with Crippen molar-refractivity contribution in [1.82, 2.24) is 10.6 Å². The highest BCUT2D eigenvalue weighted by molar-refractivity contribution is 6.60. The first-order valence-corrected chi connectivity index (χ1v) is 9.95. The predicted molar refractivity (Wildman–Crippen MR) is 87.3 cm³/mol. The Hall–Kier alpha value is -0.0231. The fraction of sp³-hybridized carbons (Fsp3) is 1.00. The SMILES string of the molecule is CO[Si](CCCNC1CCC(NCCN)CC1)(OC)OC. The van der Waals surface area contributed by atoms with Crippen molar-refractivity contribution in [2.24, 2.45) is 5.73 Å². The number of hydrogen-bond donors (Lipinski definition) is 3. The molecule has 7 heteroatoms. The molecule has 1 aliphatic rings. The minimum absolute atomic E-state index is 0.643. The van der Waals surface area contributed by atoms with Gasteiger partial charge >= 0.3 is 8.80 Å². The number of nitrogens with two attached hydrogens (primary N) is 1. The van der Waals surface area contributed by atoms with Crippen LogP contribution in [-0.2, 0) is 13.3 Å². The fourth-order valence-electron chi connectivity index (χ4n) is 2.96. The molecular formula is C14H33N3O3Si. The van der Waals surface area contributed by atoms with Crippen LogP contribution in [0.5, 0.6) is 0 Å². The highest BCUT2D eigenvalue weighted by Crippen LogP contribution is 2.19. The summed E-state index contributed by atoms with van der Waals surface area (Å²) in [5, 5.41) is 7.15. The average Bonchev–Trinajstić information content (AvgIpc) is 2.55. The van der Waals surface area contributed by atoms with E-state index in [1.54, 1.807) is 21.3 Å². The van der Waals surface area contributed by atoms with E-state index in [9.17, 15) is 0 Å². The Morgan fingerprint density at radius 2 is 1.38 bits per heavy atom. The molecule has 1 fully saturated rings. The first-order valence-electron chi connectivity index (χ1n) is 8.02. The van der Waals surface area contributed by atoms with Crippen molar-refractivity contribution in [3.63, 3.8) is 0 Å². The van der Waals surface area contributed by atoms with Crippen LogP contribution in [0.15, 0.2) is 0 Å². The highest BCUT2D eigenvalue weighted by atomic mass is 28.4. The Morgan fingerprint density at radius 1 is 0.905 bits per heavy atom. The van der Waals surface area contributed by atoms with Gasteiger partial charge in [-0.2, -0.15) is 0 Å². The molecule has 1 aliphatic carbocycles. The fourth-order valence-corrected chi connectivity index (χ4v) is 4.68. The van der Waals surface area contributed by atoms with Crippen LogP contribution in [0.2, 0.25) is 6.04 Å². The minimum atomic E-state index is -2.39. The molecule has 1 rings (SSSR count). The molecule has 6 nitrogen and oxygen atoms in total. The van der Waals surface area contributed by atoms with E-state index in [1.807, 2.05) is 0 Å². The third-order valence-corrected chi connectivity index (χ3v) is 7.16. The first-order chi connectivity index (χ1) is 10.2. The average molecular weight is 320 g/mol. The van der Waals surface area contributed by atoms with Crippen LogP contribution in [0.3, 0.4) is 0 Å². The van der Waals surface area contributed by atoms with Crippen molar-refractivity contribution in [1.29, 1.82) is 0 Å². The zero-order valence-electron chi connectivity index (χ0n) is 13.8. The van der Waals surface area contributed by atoms with Crippen LogP contribution >= 0.6 is 0 Å². The zero-order chi connectivity index (χ0) is 15.6. The van der Waals surface area contributed by atoms with Crippen molar-refractivity contribution >= 4 is 8.80 Å². The lowest BCUT2D eigenvalue weighted by Gasteiger charge is -2.30. The molecule has 0 aromatic carbocycles. The van der Waals surface area contributed by atoms with Crippen molar-refractivity contribution in [3.05, 3.63) is 0 Å². The quantitative estimate of drug-likeness (QED) is 0.384. The molecule has 0 aliphatic heterocycles. The maximum Gasteiger partial charge on any atom is 0.500 e. The molecule has 0 unspecified atom stereocenters. The highest BCUT2D eigenvalue weighted by Gasteiger charge is 2.36. The van der Waals surface area contributed by atoms with Gasteiger partial charge in [-0.1, -0.05) is 0 Å². The lowest BCUT2D eigenvalue weighted by Crippen LogP contribution is -2.44. The third-order valence-electron chi connectivity index (χ3n) is 4.33. The summed E-state index contributed by atoms with van der Waals surface area (Å²) in [4.78, 5) is 0. The lowest BCUT2D eigenvalue weighted by atomic mass is 9.91. The van der Waals surface area contributed by atoms with Crippen molar-refractivity contribution in [2.75, 3.05) is 41.0 Å². The Morgan fingerprint density at radius 3 is 1.81 bits per heavy atom. The molecular weight excluding hydrogens is 286 g/mol. The van der Waals surface area contributed by atoms with Crippen LogP contribution in [0.25, 0.3) is 0 Å². The molecule has 0 saturated heterocycles. The third kappa shape index (κ3) is 6.73. The van der Waals surface area contributed by atoms with Gasteiger partial charge in [0.1, 0.15) is 0 Å². The van der Waals surface area contributed by atoms with Crippen molar-refractivity contribution in [3.8, 4) is 0 Å². The second-order valence-electron chi connectivity index (χ2n) is 5.64. The summed E-state index contributed by atoms with van der Waals surface area (Å²) < 4.78 is 16.3. The molecule has 0 aromatic heterocycles. The monoisotopic (exact) mass is 319 g/mol. The summed E-state index contributed by atoms with van der Waals surface area (Å²) in [7, 11) is 2.61. The van der Waals surface area contributed by atoms with E-state index in [-0.39, 0.29) is 0 Å². The lowest BCUT2D eigenvalue weighted by molar-refractivity contribution is 0.123. The van der Waals surface area contributed by atoms with Crippen LogP contribution in [0, 0.1) is 0 Å². The van der Waals surface area contributed by atoms with E-state index in [0.29, 0.717) is 12.1 Å². The molecule has 0 amide bonds.